The molecule has 0 saturated heterocycles. The van der Waals surface area contributed by atoms with E-state index in [2.05, 4.69) is 39.0 Å². The van der Waals surface area contributed by atoms with Gasteiger partial charge in [0.15, 0.2) is 5.78 Å². The third kappa shape index (κ3) is 1.71. The molecule has 0 saturated carbocycles. The second kappa shape index (κ2) is 3.19. The lowest BCUT2D eigenvalue weighted by atomic mass is 9.85. The average molecular weight is 202 g/mol. The molecule has 1 atom stereocenters. The minimum Gasteiger partial charge on any atom is -0.294 e. The van der Waals surface area contributed by atoms with Crippen molar-refractivity contribution in [2.75, 3.05) is 0 Å². The quantitative estimate of drug-likeness (QED) is 0.630. The van der Waals surface area contributed by atoms with Gasteiger partial charge in [-0.05, 0) is 29.0 Å². The van der Waals surface area contributed by atoms with Crippen LogP contribution in [0.25, 0.3) is 0 Å². The summed E-state index contributed by atoms with van der Waals surface area (Å²) in [4.78, 5) is 11.9. The van der Waals surface area contributed by atoms with E-state index < -0.39 is 0 Å². The van der Waals surface area contributed by atoms with E-state index in [0.717, 1.165) is 12.0 Å². The molecule has 0 spiro atoms. The van der Waals surface area contributed by atoms with Crippen LogP contribution in [0.4, 0.5) is 0 Å². The van der Waals surface area contributed by atoms with Crippen molar-refractivity contribution in [2.24, 2.45) is 5.92 Å². The summed E-state index contributed by atoms with van der Waals surface area (Å²) >= 11 is 0. The second-order valence-electron chi connectivity index (χ2n) is 5.59. The molecular formula is C14H18O. The molecule has 1 aromatic rings. The predicted molar refractivity (Wildman–Crippen MR) is 62.3 cm³/mol. The molecule has 0 fully saturated rings. The third-order valence-electron chi connectivity index (χ3n) is 3.22. The smallest absolute Gasteiger partial charge is 0.166 e. The topological polar surface area (TPSA) is 17.1 Å². The van der Waals surface area contributed by atoms with E-state index in [4.69, 9.17) is 0 Å². The number of ketones is 1. The van der Waals surface area contributed by atoms with E-state index in [0.29, 0.717) is 5.78 Å². The SMILES string of the molecule is C[C@H]1Cc2ccc(C(C)(C)C)cc2C1=O. The Morgan fingerprint density at radius 3 is 2.53 bits per heavy atom. The zero-order valence-electron chi connectivity index (χ0n) is 9.92. The van der Waals surface area contributed by atoms with Crippen LogP contribution in [0.3, 0.4) is 0 Å². The highest BCUT2D eigenvalue weighted by molar-refractivity contribution is 6.02. The van der Waals surface area contributed by atoms with Gasteiger partial charge in [0.2, 0.25) is 0 Å². The molecule has 1 aliphatic carbocycles. The Labute approximate surface area is 91.5 Å². The van der Waals surface area contributed by atoms with Crippen molar-refractivity contribution >= 4 is 5.78 Å². The van der Waals surface area contributed by atoms with Gasteiger partial charge in [0, 0.05) is 11.5 Å². The summed E-state index contributed by atoms with van der Waals surface area (Å²) in [6.07, 6.45) is 0.915. The van der Waals surface area contributed by atoms with Crippen molar-refractivity contribution < 1.29 is 4.79 Å². The maximum absolute atomic E-state index is 11.9. The lowest BCUT2D eigenvalue weighted by Gasteiger charge is -2.19. The fourth-order valence-corrected chi connectivity index (χ4v) is 2.14. The Balaban J connectivity index is 2.49. The lowest BCUT2D eigenvalue weighted by Crippen LogP contribution is -2.12. The van der Waals surface area contributed by atoms with Crippen molar-refractivity contribution in [3.63, 3.8) is 0 Å². The molecule has 0 heterocycles. The van der Waals surface area contributed by atoms with Gasteiger partial charge in [-0.3, -0.25) is 4.79 Å². The van der Waals surface area contributed by atoms with Crippen LogP contribution in [0.2, 0.25) is 0 Å². The van der Waals surface area contributed by atoms with Crippen molar-refractivity contribution in [3.8, 4) is 0 Å². The molecule has 0 amide bonds. The van der Waals surface area contributed by atoms with Gasteiger partial charge in [0.05, 0.1) is 0 Å². The van der Waals surface area contributed by atoms with E-state index >= 15 is 0 Å². The molecule has 1 aliphatic rings. The molecule has 0 aliphatic heterocycles. The monoisotopic (exact) mass is 202 g/mol. The Hall–Kier alpha value is -1.11. The van der Waals surface area contributed by atoms with Crippen LogP contribution < -0.4 is 0 Å². The Bertz CT molecular complexity index is 410. The van der Waals surface area contributed by atoms with Crippen LogP contribution in [0.15, 0.2) is 18.2 Å². The normalized spacial score (nSPS) is 20.5. The van der Waals surface area contributed by atoms with Crippen LogP contribution in [-0.2, 0) is 11.8 Å². The van der Waals surface area contributed by atoms with E-state index in [1.807, 2.05) is 6.92 Å². The first-order chi connectivity index (χ1) is 6.89. The number of carbonyl (C=O) groups is 1. The van der Waals surface area contributed by atoms with Crippen LogP contribution in [0.1, 0.15) is 49.2 Å². The molecule has 0 N–H and O–H groups in total. The van der Waals surface area contributed by atoms with Gasteiger partial charge >= 0.3 is 0 Å². The first-order valence-electron chi connectivity index (χ1n) is 5.57. The van der Waals surface area contributed by atoms with E-state index in [1.54, 1.807) is 0 Å². The van der Waals surface area contributed by atoms with Gasteiger partial charge in [-0.25, -0.2) is 0 Å². The lowest BCUT2D eigenvalue weighted by molar-refractivity contribution is 0.0946. The summed E-state index contributed by atoms with van der Waals surface area (Å²) in [7, 11) is 0. The maximum atomic E-state index is 11.9. The summed E-state index contributed by atoms with van der Waals surface area (Å²) in [6.45, 7) is 8.55. The van der Waals surface area contributed by atoms with Crippen LogP contribution in [0, 0.1) is 5.92 Å². The molecule has 15 heavy (non-hydrogen) atoms. The number of rotatable bonds is 0. The standard InChI is InChI=1S/C14H18O/c1-9-7-10-5-6-11(14(2,3)4)8-12(10)13(9)15/h5-6,8-9H,7H2,1-4H3/t9-/m0/s1. The number of hydrogen-bond donors (Lipinski definition) is 0. The number of benzene rings is 1. The highest BCUT2D eigenvalue weighted by atomic mass is 16.1. The first-order valence-corrected chi connectivity index (χ1v) is 5.57. The molecule has 1 nitrogen and oxygen atoms in total. The largest absolute Gasteiger partial charge is 0.294 e. The van der Waals surface area contributed by atoms with E-state index in [1.165, 1.54) is 11.1 Å². The molecule has 0 bridgehead atoms. The van der Waals surface area contributed by atoms with Crippen molar-refractivity contribution in [1.29, 1.82) is 0 Å². The highest BCUT2D eigenvalue weighted by Gasteiger charge is 2.28. The Kier molecular flexibility index (Phi) is 2.22. The summed E-state index contributed by atoms with van der Waals surface area (Å²) in [5, 5.41) is 0. The Morgan fingerprint density at radius 2 is 1.93 bits per heavy atom. The van der Waals surface area contributed by atoms with Gasteiger partial charge < -0.3 is 0 Å². The summed E-state index contributed by atoms with van der Waals surface area (Å²) < 4.78 is 0. The van der Waals surface area contributed by atoms with Gasteiger partial charge in [0.25, 0.3) is 0 Å². The molecule has 1 heteroatoms. The summed E-state index contributed by atoms with van der Waals surface area (Å²) in [5.74, 6) is 0.492. The van der Waals surface area contributed by atoms with Gasteiger partial charge in [0.1, 0.15) is 0 Å². The number of Topliss-reactive ketones (excluding diaryl/α,β-unsaturated/α-hetero) is 1. The average Bonchev–Trinajstić information content (AvgIpc) is 2.41. The summed E-state index contributed by atoms with van der Waals surface area (Å²) in [5.41, 5.74) is 3.56. The molecule has 2 rings (SSSR count). The van der Waals surface area contributed by atoms with E-state index in [9.17, 15) is 4.79 Å². The number of carbonyl (C=O) groups excluding carboxylic acids is 1. The van der Waals surface area contributed by atoms with Gasteiger partial charge in [-0.1, -0.05) is 39.8 Å². The molecule has 1 aromatic carbocycles. The molecular weight excluding hydrogens is 184 g/mol. The zero-order valence-corrected chi connectivity index (χ0v) is 9.92. The molecule has 0 unspecified atom stereocenters. The van der Waals surface area contributed by atoms with Gasteiger partial charge in [-0.15, -0.1) is 0 Å². The molecule has 0 aromatic heterocycles. The first kappa shape index (κ1) is 10.4. The minimum atomic E-state index is 0.126. The fourth-order valence-electron chi connectivity index (χ4n) is 2.14. The number of fused-ring (bicyclic) bond motifs is 1. The third-order valence-corrected chi connectivity index (χ3v) is 3.22. The Morgan fingerprint density at radius 1 is 1.27 bits per heavy atom. The van der Waals surface area contributed by atoms with Gasteiger partial charge in [-0.2, -0.15) is 0 Å². The second-order valence-corrected chi connectivity index (χ2v) is 5.59. The van der Waals surface area contributed by atoms with Crippen molar-refractivity contribution in [1.82, 2.24) is 0 Å². The van der Waals surface area contributed by atoms with E-state index in [-0.39, 0.29) is 11.3 Å². The predicted octanol–water partition coefficient (Wildman–Crippen LogP) is 3.36. The maximum Gasteiger partial charge on any atom is 0.166 e. The van der Waals surface area contributed by atoms with Crippen LogP contribution >= 0.6 is 0 Å². The molecule has 80 valence electrons. The summed E-state index contributed by atoms with van der Waals surface area (Å²) in [6, 6.07) is 6.36. The fraction of sp³-hybridized carbons (Fsp3) is 0.500. The van der Waals surface area contributed by atoms with Crippen molar-refractivity contribution in [2.45, 2.75) is 39.5 Å². The zero-order chi connectivity index (χ0) is 11.2. The molecule has 0 radical (unpaired) electrons. The van der Waals surface area contributed by atoms with Crippen LogP contribution in [0.5, 0.6) is 0 Å². The number of hydrogen-bond acceptors (Lipinski definition) is 1. The van der Waals surface area contributed by atoms with Crippen molar-refractivity contribution in [3.05, 3.63) is 34.9 Å². The highest BCUT2D eigenvalue weighted by Crippen LogP contribution is 2.31. The minimum absolute atomic E-state index is 0.126. The van der Waals surface area contributed by atoms with Crippen LogP contribution in [-0.4, -0.2) is 5.78 Å².